The third-order valence-electron chi connectivity index (χ3n) is 4.52. The van der Waals surface area contributed by atoms with Crippen LogP contribution in [0.15, 0.2) is 75.0 Å². The highest BCUT2D eigenvalue weighted by Gasteiger charge is 2.23. The van der Waals surface area contributed by atoms with Crippen molar-refractivity contribution >= 4 is 29.3 Å². The second-order valence-corrected chi connectivity index (χ2v) is 7.86. The minimum atomic E-state index is -0.528. The van der Waals surface area contributed by atoms with Crippen molar-refractivity contribution in [2.24, 2.45) is 5.73 Å². The first kappa shape index (κ1) is 21.3. The van der Waals surface area contributed by atoms with E-state index in [1.807, 2.05) is 6.92 Å². The van der Waals surface area contributed by atoms with E-state index in [1.165, 1.54) is 11.8 Å². The highest BCUT2D eigenvalue weighted by molar-refractivity contribution is 8.00. The van der Waals surface area contributed by atoms with Crippen molar-refractivity contribution in [3.8, 4) is 22.9 Å². The van der Waals surface area contributed by atoms with Crippen LogP contribution in [0.1, 0.15) is 23.7 Å². The number of rotatable bonds is 8. The first-order valence-corrected chi connectivity index (χ1v) is 10.6. The molecule has 32 heavy (non-hydrogen) atoms. The molecule has 1 unspecified atom stereocenters. The number of carbonyl (C=O) groups is 2. The van der Waals surface area contributed by atoms with E-state index in [2.05, 4.69) is 20.5 Å². The molecule has 10 heteroatoms. The minimum Gasteiger partial charge on any atom is -0.463 e. The molecule has 162 valence electrons. The predicted molar refractivity (Wildman–Crippen MR) is 119 cm³/mol. The molecular formula is C22H19N5O4S. The fourth-order valence-electron chi connectivity index (χ4n) is 2.92. The number of primary amides is 1. The molecule has 0 aliphatic heterocycles. The molecule has 4 rings (SSSR count). The first-order chi connectivity index (χ1) is 15.5. The smallest absolute Gasteiger partial charge is 0.248 e. The van der Waals surface area contributed by atoms with Crippen molar-refractivity contribution < 1.29 is 18.4 Å². The van der Waals surface area contributed by atoms with Gasteiger partial charge in [-0.1, -0.05) is 18.7 Å². The molecule has 0 spiro atoms. The van der Waals surface area contributed by atoms with E-state index in [1.54, 1.807) is 61.1 Å². The molecule has 0 fully saturated rings. The van der Waals surface area contributed by atoms with Crippen LogP contribution in [0.3, 0.4) is 0 Å². The Morgan fingerprint density at radius 2 is 1.66 bits per heavy atom. The summed E-state index contributed by atoms with van der Waals surface area (Å²) in [4.78, 5) is 28.6. The third kappa shape index (κ3) is 4.70. The van der Waals surface area contributed by atoms with Gasteiger partial charge >= 0.3 is 0 Å². The summed E-state index contributed by atoms with van der Waals surface area (Å²) in [6.45, 7) is 1.89. The van der Waals surface area contributed by atoms with E-state index >= 15 is 0 Å². The van der Waals surface area contributed by atoms with Crippen LogP contribution in [0, 0.1) is 0 Å². The Morgan fingerprint density at radius 1 is 1.00 bits per heavy atom. The fraction of sp³-hybridized carbons (Fsp3) is 0.136. The Labute approximate surface area is 187 Å². The third-order valence-corrected chi connectivity index (χ3v) is 5.74. The largest absolute Gasteiger partial charge is 0.463 e. The van der Waals surface area contributed by atoms with E-state index in [0.29, 0.717) is 45.7 Å². The lowest BCUT2D eigenvalue weighted by molar-refractivity contribution is -0.115. The van der Waals surface area contributed by atoms with E-state index in [-0.39, 0.29) is 5.91 Å². The molecule has 0 aliphatic rings. The summed E-state index contributed by atoms with van der Waals surface area (Å²) < 4.78 is 10.9. The molecule has 0 bridgehead atoms. The topological polar surface area (TPSA) is 137 Å². The van der Waals surface area contributed by atoms with Gasteiger partial charge < -0.3 is 19.9 Å². The molecule has 3 N–H and O–H groups in total. The van der Waals surface area contributed by atoms with Crippen LogP contribution in [-0.2, 0) is 4.79 Å². The van der Waals surface area contributed by atoms with Crippen LogP contribution in [0.5, 0.6) is 0 Å². The molecular weight excluding hydrogens is 430 g/mol. The van der Waals surface area contributed by atoms with Crippen molar-refractivity contribution in [2.75, 3.05) is 5.32 Å². The molecule has 9 nitrogen and oxygen atoms in total. The monoisotopic (exact) mass is 449 g/mol. The number of benzene rings is 1. The first-order valence-electron chi connectivity index (χ1n) is 9.75. The number of anilines is 1. The van der Waals surface area contributed by atoms with Gasteiger partial charge in [-0.05, 0) is 55.0 Å². The summed E-state index contributed by atoms with van der Waals surface area (Å²) >= 11 is 1.20. The number of hydrogen-bond acceptors (Lipinski definition) is 8. The Morgan fingerprint density at radius 3 is 2.22 bits per heavy atom. The normalized spacial score (nSPS) is 11.8. The van der Waals surface area contributed by atoms with Gasteiger partial charge in [-0.15, -0.1) is 10.2 Å². The molecule has 0 saturated heterocycles. The van der Waals surface area contributed by atoms with E-state index in [9.17, 15) is 9.59 Å². The van der Waals surface area contributed by atoms with E-state index < -0.39 is 11.2 Å². The van der Waals surface area contributed by atoms with Gasteiger partial charge in [0, 0.05) is 11.3 Å². The maximum Gasteiger partial charge on any atom is 0.248 e. The summed E-state index contributed by atoms with van der Waals surface area (Å²) in [5.41, 5.74) is 7.09. The molecule has 0 aliphatic carbocycles. The molecule has 1 aromatic carbocycles. The molecule has 3 heterocycles. The van der Waals surface area contributed by atoms with Gasteiger partial charge in [-0.2, -0.15) is 0 Å². The number of carbonyl (C=O) groups excluding carboxylic acids is 2. The number of furan rings is 2. The summed E-state index contributed by atoms with van der Waals surface area (Å²) in [5, 5.41) is 11.2. The van der Waals surface area contributed by atoms with Crippen LogP contribution in [-0.4, -0.2) is 32.2 Å². The zero-order chi connectivity index (χ0) is 22.5. The maximum atomic E-state index is 12.8. The quantitative estimate of drug-likeness (QED) is 0.385. The van der Waals surface area contributed by atoms with E-state index in [0.717, 1.165) is 0 Å². The number of aromatic nitrogens is 3. The van der Waals surface area contributed by atoms with Crippen LogP contribution in [0.25, 0.3) is 22.9 Å². The summed E-state index contributed by atoms with van der Waals surface area (Å²) in [6.07, 6.45) is 3.62. The number of thioether (sulfide) groups is 1. The highest BCUT2D eigenvalue weighted by Crippen LogP contribution is 2.32. The lowest BCUT2D eigenvalue weighted by Gasteiger charge is -2.14. The minimum absolute atomic E-state index is 0.220. The number of amides is 2. The van der Waals surface area contributed by atoms with Gasteiger partial charge in [-0.3, -0.25) is 9.59 Å². The average molecular weight is 449 g/mol. The Hall–Kier alpha value is -3.92. The molecule has 2 amide bonds. The summed E-state index contributed by atoms with van der Waals surface area (Å²) in [7, 11) is 0. The zero-order valence-corrected chi connectivity index (χ0v) is 17.8. The predicted octanol–water partition coefficient (Wildman–Crippen LogP) is 4.00. The lowest BCUT2D eigenvalue weighted by Crippen LogP contribution is -2.25. The van der Waals surface area contributed by atoms with Crippen LogP contribution < -0.4 is 11.1 Å². The Bertz CT molecular complexity index is 1210. The number of hydrogen-bond donors (Lipinski definition) is 2. The highest BCUT2D eigenvalue weighted by atomic mass is 32.2. The number of nitrogens with one attached hydrogen (secondary N) is 1. The van der Waals surface area contributed by atoms with Crippen molar-refractivity contribution in [1.29, 1.82) is 0 Å². The van der Waals surface area contributed by atoms with Crippen molar-refractivity contribution in [2.45, 2.75) is 23.8 Å². The molecule has 0 radical (unpaired) electrons. The summed E-state index contributed by atoms with van der Waals surface area (Å²) in [5.74, 6) is 0.278. The van der Waals surface area contributed by atoms with Crippen LogP contribution in [0.2, 0.25) is 0 Å². The average Bonchev–Trinajstić information content (AvgIpc) is 3.52. The van der Waals surface area contributed by atoms with Gasteiger partial charge in [0.15, 0.2) is 17.2 Å². The zero-order valence-electron chi connectivity index (χ0n) is 17.0. The molecule has 4 aromatic rings. The SMILES string of the molecule is CCC(Sc1nnc(-c2ccco2)c(-c2ccco2)n1)C(=O)Nc1ccc(C(N)=O)cc1. The second kappa shape index (κ2) is 9.48. The van der Waals surface area contributed by atoms with Gasteiger partial charge in [-0.25, -0.2) is 4.98 Å². The van der Waals surface area contributed by atoms with Crippen molar-refractivity contribution in [3.63, 3.8) is 0 Å². The fourth-order valence-corrected chi connectivity index (χ4v) is 3.73. The molecule has 1 atom stereocenters. The Kier molecular flexibility index (Phi) is 6.31. The van der Waals surface area contributed by atoms with Crippen molar-refractivity contribution in [3.05, 3.63) is 66.6 Å². The van der Waals surface area contributed by atoms with Crippen LogP contribution >= 0.6 is 11.8 Å². The van der Waals surface area contributed by atoms with Gasteiger partial charge in [0.25, 0.3) is 0 Å². The second-order valence-electron chi connectivity index (χ2n) is 6.69. The summed E-state index contributed by atoms with van der Waals surface area (Å²) in [6, 6.07) is 13.4. The number of nitrogens with two attached hydrogens (primary N) is 1. The molecule has 0 saturated carbocycles. The Balaban J connectivity index is 1.54. The van der Waals surface area contributed by atoms with Crippen molar-refractivity contribution in [1.82, 2.24) is 15.2 Å². The van der Waals surface area contributed by atoms with Gasteiger partial charge in [0.2, 0.25) is 17.0 Å². The maximum absolute atomic E-state index is 12.8. The van der Waals surface area contributed by atoms with E-state index in [4.69, 9.17) is 14.6 Å². The lowest BCUT2D eigenvalue weighted by atomic mass is 10.2. The van der Waals surface area contributed by atoms with Gasteiger partial charge in [0.1, 0.15) is 5.69 Å². The van der Waals surface area contributed by atoms with Crippen LogP contribution in [0.4, 0.5) is 5.69 Å². The number of nitrogens with zero attached hydrogens (tertiary/aromatic N) is 3. The molecule has 3 aromatic heterocycles. The standard InChI is InChI=1S/C22H19N5O4S/c1-2-17(21(29)24-14-9-7-13(8-10-14)20(23)28)32-22-25-18(15-5-3-11-30-15)19(26-27-22)16-6-4-12-31-16/h3-12,17H,2H2,1H3,(H2,23,28)(H,24,29). The van der Waals surface area contributed by atoms with Gasteiger partial charge in [0.05, 0.1) is 17.8 Å².